The summed E-state index contributed by atoms with van der Waals surface area (Å²) in [4.78, 5) is 26.6. The molecule has 0 aliphatic rings. The number of benzene rings is 2. The fraction of sp³-hybridized carbons (Fsp3) is 0.0870. The van der Waals surface area contributed by atoms with Crippen LogP contribution in [0.4, 0.5) is 0 Å². The molecule has 0 atom stereocenters. The van der Waals surface area contributed by atoms with Crippen LogP contribution in [0.15, 0.2) is 65.3 Å². The second-order valence-electron chi connectivity index (χ2n) is 6.91. The Hall–Kier alpha value is -4.13. The Balaban J connectivity index is 1.68. The van der Waals surface area contributed by atoms with E-state index in [-0.39, 0.29) is 34.0 Å². The van der Waals surface area contributed by atoms with E-state index in [0.717, 1.165) is 11.1 Å². The van der Waals surface area contributed by atoms with E-state index in [0.29, 0.717) is 12.0 Å². The van der Waals surface area contributed by atoms with Crippen LogP contribution < -0.4 is 0 Å². The number of nitrogens with one attached hydrogen (secondary N) is 1. The van der Waals surface area contributed by atoms with Crippen LogP contribution in [-0.4, -0.2) is 32.1 Å². The zero-order chi connectivity index (χ0) is 21.3. The van der Waals surface area contributed by atoms with Crippen molar-refractivity contribution in [1.82, 2.24) is 10.1 Å². The SMILES string of the molecule is Cc1onc(-c2ccc(Cc3ccccc3)cc2O)c1C(=O)c1c[nH]c(C(=O)O)c1. The van der Waals surface area contributed by atoms with Gasteiger partial charge in [0.1, 0.15) is 22.9 Å². The first-order valence-corrected chi connectivity index (χ1v) is 9.23. The summed E-state index contributed by atoms with van der Waals surface area (Å²) < 4.78 is 5.22. The summed E-state index contributed by atoms with van der Waals surface area (Å²) in [5, 5.41) is 23.6. The number of phenolic OH excluding ortho intramolecular Hbond substituents is 1. The van der Waals surface area contributed by atoms with Crippen molar-refractivity contribution in [1.29, 1.82) is 0 Å². The van der Waals surface area contributed by atoms with Gasteiger partial charge in [-0.3, -0.25) is 4.79 Å². The molecule has 7 nitrogen and oxygen atoms in total. The van der Waals surface area contributed by atoms with Gasteiger partial charge in [-0.1, -0.05) is 41.6 Å². The van der Waals surface area contributed by atoms with Crippen LogP contribution in [0.3, 0.4) is 0 Å². The highest BCUT2D eigenvalue weighted by Gasteiger charge is 2.25. The van der Waals surface area contributed by atoms with Crippen molar-refractivity contribution >= 4 is 11.8 Å². The second kappa shape index (κ2) is 7.71. The zero-order valence-electron chi connectivity index (χ0n) is 16.0. The Kier molecular flexibility index (Phi) is 4.93. The summed E-state index contributed by atoms with van der Waals surface area (Å²) in [6.45, 7) is 1.59. The second-order valence-corrected chi connectivity index (χ2v) is 6.91. The molecular formula is C23H18N2O5. The maximum absolute atomic E-state index is 13.0. The van der Waals surface area contributed by atoms with Gasteiger partial charge in [0.25, 0.3) is 0 Å². The van der Waals surface area contributed by atoms with Gasteiger partial charge in [-0.15, -0.1) is 0 Å². The normalized spacial score (nSPS) is 10.8. The van der Waals surface area contributed by atoms with E-state index in [1.165, 1.54) is 12.3 Å². The van der Waals surface area contributed by atoms with Crippen molar-refractivity contribution in [2.24, 2.45) is 0 Å². The number of hydrogen-bond acceptors (Lipinski definition) is 5. The number of H-pyrrole nitrogens is 1. The number of phenols is 1. The van der Waals surface area contributed by atoms with Crippen LogP contribution in [0.25, 0.3) is 11.3 Å². The van der Waals surface area contributed by atoms with E-state index >= 15 is 0 Å². The van der Waals surface area contributed by atoms with E-state index in [1.54, 1.807) is 19.1 Å². The summed E-state index contributed by atoms with van der Waals surface area (Å²) in [7, 11) is 0. The highest BCUT2D eigenvalue weighted by Crippen LogP contribution is 2.34. The first kappa shape index (κ1) is 19.2. The molecule has 0 fully saturated rings. The number of aromatic amines is 1. The van der Waals surface area contributed by atoms with Gasteiger partial charge < -0.3 is 19.7 Å². The van der Waals surface area contributed by atoms with Gasteiger partial charge >= 0.3 is 5.97 Å². The molecule has 30 heavy (non-hydrogen) atoms. The summed E-state index contributed by atoms with van der Waals surface area (Å²) >= 11 is 0. The number of carbonyl (C=O) groups excluding carboxylic acids is 1. The lowest BCUT2D eigenvalue weighted by atomic mass is 9.97. The molecule has 0 aliphatic carbocycles. The van der Waals surface area contributed by atoms with Gasteiger partial charge in [-0.2, -0.15) is 0 Å². The molecule has 0 unspecified atom stereocenters. The third-order valence-corrected chi connectivity index (χ3v) is 4.83. The van der Waals surface area contributed by atoms with Gasteiger partial charge in [0.05, 0.1) is 5.56 Å². The first-order chi connectivity index (χ1) is 14.4. The number of aromatic carboxylic acids is 1. The summed E-state index contributed by atoms with van der Waals surface area (Å²) in [5.74, 6) is -1.35. The van der Waals surface area contributed by atoms with E-state index < -0.39 is 11.8 Å². The monoisotopic (exact) mass is 402 g/mol. The van der Waals surface area contributed by atoms with Gasteiger partial charge in [0.2, 0.25) is 0 Å². The number of carboxylic acid groups (broad SMARTS) is 1. The predicted octanol–water partition coefficient (Wildman–Crippen LogP) is 4.20. The molecule has 2 aromatic carbocycles. The largest absolute Gasteiger partial charge is 0.507 e. The molecule has 0 amide bonds. The number of ketones is 1. The summed E-state index contributed by atoms with van der Waals surface area (Å²) in [5.41, 5.74) is 2.84. The Bertz CT molecular complexity index is 1240. The van der Waals surface area contributed by atoms with E-state index in [2.05, 4.69) is 10.1 Å². The zero-order valence-corrected chi connectivity index (χ0v) is 16.0. The molecule has 0 radical (unpaired) electrons. The standard InChI is InChI=1S/C23H18N2O5/c1-13-20(22(27)16-11-18(23(28)29)24-12-16)21(25-30-13)17-8-7-15(10-19(17)26)9-14-5-3-2-4-6-14/h2-8,10-12,24,26H,9H2,1H3,(H,28,29). The number of aryl methyl sites for hydroxylation is 1. The van der Waals surface area contributed by atoms with E-state index in [4.69, 9.17) is 9.63 Å². The molecule has 4 aromatic rings. The predicted molar refractivity (Wildman–Crippen MR) is 109 cm³/mol. The number of aromatic nitrogens is 2. The van der Waals surface area contributed by atoms with Crippen molar-refractivity contribution in [3.63, 3.8) is 0 Å². The molecule has 150 valence electrons. The maximum atomic E-state index is 13.0. The van der Waals surface area contributed by atoms with E-state index in [1.807, 2.05) is 36.4 Å². The van der Waals surface area contributed by atoms with Crippen molar-refractivity contribution in [3.05, 3.63) is 94.5 Å². The van der Waals surface area contributed by atoms with Crippen LogP contribution in [0.1, 0.15) is 43.3 Å². The minimum absolute atomic E-state index is 0.0222. The smallest absolute Gasteiger partial charge is 0.352 e. The quantitative estimate of drug-likeness (QED) is 0.416. The van der Waals surface area contributed by atoms with Crippen molar-refractivity contribution in [2.75, 3.05) is 0 Å². The number of carbonyl (C=O) groups is 2. The lowest BCUT2D eigenvalue weighted by molar-refractivity contribution is 0.0691. The Morgan fingerprint density at radius 2 is 1.83 bits per heavy atom. The molecule has 0 spiro atoms. The van der Waals surface area contributed by atoms with Gasteiger partial charge in [-0.05, 0) is 42.7 Å². The Labute approximate surface area is 171 Å². The Morgan fingerprint density at radius 3 is 2.50 bits per heavy atom. The summed E-state index contributed by atoms with van der Waals surface area (Å²) in [6.07, 6.45) is 1.98. The number of aromatic hydroxyl groups is 1. The molecule has 0 saturated carbocycles. The highest BCUT2D eigenvalue weighted by molar-refractivity contribution is 6.13. The van der Waals surface area contributed by atoms with Gasteiger partial charge in [0.15, 0.2) is 5.78 Å². The molecule has 2 aromatic heterocycles. The molecule has 7 heteroatoms. The third-order valence-electron chi connectivity index (χ3n) is 4.83. The van der Waals surface area contributed by atoms with Crippen molar-refractivity contribution in [3.8, 4) is 17.0 Å². The Morgan fingerprint density at radius 1 is 1.07 bits per heavy atom. The number of rotatable bonds is 6. The van der Waals surface area contributed by atoms with Crippen LogP contribution >= 0.6 is 0 Å². The number of hydrogen-bond donors (Lipinski definition) is 3. The van der Waals surface area contributed by atoms with Gasteiger partial charge in [0, 0.05) is 17.3 Å². The summed E-state index contributed by atoms with van der Waals surface area (Å²) in [6, 6.07) is 16.3. The van der Waals surface area contributed by atoms with Crippen LogP contribution in [-0.2, 0) is 6.42 Å². The average Bonchev–Trinajstić information content (AvgIpc) is 3.36. The molecular weight excluding hydrogens is 384 g/mol. The lowest BCUT2D eigenvalue weighted by Gasteiger charge is -2.07. The molecule has 3 N–H and O–H groups in total. The lowest BCUT2D eigenvalue weighted by Crippen LogP contribution is -2.03. The number of nitrogens with zero attached hydrogens (tertiary/aromatic N) is 1. The third kappa shape index (κ3) is 3.60. The topological polar surface area (TPSA) is 116 Å². The fourth-order valence-corrected chi connectivity index (χ4v) is 3.34. The number of carboxylic acids is 1. The minimum atomic E-state index is -1.16. The van der Waals surface area contributed by atoms with E-state index in [9.17, 15) is 14.7 Å². The molecule has 0 aliphatic heterocycles. The molecule has 0 saturated heterocycles. The first-order valence-electron chi connectivity index (χ1n) is 9.23. The van der Waals surface area contributed by atoms with Crippen molar-refractivity contribution in [2.45, 2.75) is 13.3 Å². The van der Waals surface area contributed by atoms with Gasteiger partial charge in [-0.25, -0.2) is 4.79 Å². The minimum Gasteiger partial charge on any atom is -0.507 e. The molecule has 4 rings (SSSR count). The highest BCUT2D eigenvalue weighted by atomic mass is 16.5. The molecule has 2 heterocycles. The molecule has 0 bridgehead atoms. The van der Waals surface area contributed by atoms with Crippen molar-refractivity contribution < 1.29 is 24.3 Å². The van der Waals surface area contributed by atoms with Crippen LogP contribution in [0, 0.1) is 6.92 Å². The van der Waals surface area contributed by atoms with Crippen LogP contribution in [0.2, 0.25) is 0 Å². The maximum Gasteiger partial charge on any atom is 0.352 e. The fourth-order valence-electron chi connectivity index (χ4n) is 3.34. The average molecular weight is 402 g/mol. The van der Waals surface area contributed by atoms with Crippen LogP contribution in [0.5, 0.6) is 5.75 Å².